The summed E-state index contributed by atoms with van der Waals surface area (Å²) >= 11 is 5.81. The molecule has 7 heteroatoms. The zero-order chi connectivity index (χ0) is 18.8. The third-order valence-corrected chi connectivity index (χ3v) is 3.69. The number of amides is 2. The van der Waals surface area contributed by atoms with Gasteiger partial charge in [0.05, 0.1) is 6.61 Å². The van der Waals surface area contributed by atoms with Crippen LogP contribution in [0.3, 0.4) is 0 Å². The van der Waals surface area contributed by atoms with E-state index in [0.29, 0.717) is 29.5 Å². The zero-order valence-corrected chi connectivity index (χ0v) is 15.0. The molecule has 2 rings (SSSR count). The fourth-order valence-electron chi connectivity index (χ4n) is 2.11. The predicted octanol–water partition coefficient (Wildman–Crippen LogP) is 2.79. The van der Waals surface area contributed by atoms with E-state index in [-0.39, 0.29) is 12.5 Å². The first-order valence-corrected chi connectivity index (χ1v) is 8.60. The van der Waals surface area contributed by atoms with Gasteiger partial charge < -0.3 is 20.5 Å². The highest BCUT2D eigenvalue weighted by Gasteiger charge is 2.05. The lowest BCUT2D eigenvalue weighted by atomic mass is 10.2. The standard InChI is InChI=1S/C19H21ClN2O4/c20-15-5-9-16(10-6-15)25-12-2-1-11-22-19(24)14-3-7-17(8-4-14)26-13-18(21)23/h3-10H,1-2,11-13H2,(H2,21,23)(H,22,24). The third-order valence-electron chi connectivity index (χ3n) is 3.44. The van der Waals surface area contributed by atoms with Crippen LogP contribution in [0.25, 0.3) is 0 Å². The van der Waals surface area contributed by atoms with Crippen LogP contribution in [0.5, 0.6) is 11.5 Å². The van der Waals surface area contributed by atoms with Gasteiger partial charge in [-0.15, -0.1) is 0 Å². The second kappa shape index (κ2) is 10.3. The van der Waals surface area contributed by atoms with E-state index < -0.39 is 5.91 Å². The SMILES string of the molecule is NC(=O)COc1ccc(C(=O)NCCCCOc2ccc(Cl)cc2)cc1. The molecule has 0 bridgehead atoms. The van der Waals surface area contributed by atoms with Crippen LogP contribution in [-0.2, 0) is 4.79 Å². The van der Waals surface area contributed by atoms with Crippen LogP contribution in [-0.4, -0.2) is 31.6 Å². The highest BCUT2D eigenvalue weighted by atomic mass is 35.5. The number of nitrogens with two attached hydrogens (primary N) is 1. The van der Waals surface area contributed by atoms with Crippen LogP contribution in [0.15, 0.2) is 48.5 Å². The van der Waals surface area contributed by atoms with E-state index in [1.165, 1.54) is 0 Å². The molecule has 2 amide bonds. The van der Waals surface area contributed by atoms with Crippen molar-refractivity contribution in [2.24, 2.45) is 5.73 Å². The van der Waals surface area contributed by atoms with E-state index in [1.807, 2.05) is 12.1 Å². The van der Waals surface area contributed by atoms with Crippen molar-refractivity contribution in [2.75, 3.05) is 19.8 Å². The molecule has 0 aliphatic carbocycles. The van der Waals surface area contributed by atoms with Crippen LogP contribution in [0.1, 0.15) is 23.2 Å². The molecule has 2 aromatic carbocycles. The van der Waals surface area contributed by atoms with Crippen LogP contribution < -0.4 is 20.5 Å². The van der Waals surface area contributed by atoms with E-state index >= 15 is 0 Å². The molecular formula is C19H21ClN2O4. The molecule has 0 aliphatic heterocycles. The van der Waals surface area contributed by atoms with Crippen LogP contribution in [0.2, 0.25) is 5.02 Å². The number of ether oxygens (including phenoxy) is 2. The summed E-state index contributed by atoms with van der Waals surface area (Å²) in [5.74, 6) is 0.550. The van der Waals surface area contributed by atoms with Gasteiger partial charge in [-0.1, -0.05) is 11.6 Å². The first-order chi connectivity index (χ1) is 12.5. The second-order valence-corrected chi connectivity index (χ2v) is 5.98. The summed E-state index contributed by atoms with van der Waals surface area (Å²) in [5.41, 5.74) is 5.53. The van der Waals surface area contributed by atoms with Crippen molar-refractivity contribution in [3.05, 3.63) is 59.1 Å². The van der Waals surface area contributed by atoms with Crippen molar-refractivity contribution < 1.29 is 19.1 Å². The quantitative estimate of drug-likeness (QED) is 0.624. The monoisotopic (exact) mass is 376 g/mol. The molecule has 26 heavy (non-hydrogen) atoms. The van der Waals surface area contributed by atoms with E-state index in [1.54, 1.807) is 36.4 Å². The van der Waals surface area contributed by atoms with Gasteiger partial charge >= 0.3 is 0 Å². The maximum absolute atomic E-state index is 12.0. The minimum atomic E-state index is -0.549. The normalized spacial score (nSPS) is 10.2. The van der Waals surface area contributed by atoms with Crippen molar-refractivity contribution in [1.29, 1.82) is 0 Å². The van der Waals surface area contributed by atoms with Crippen molar-refractivity contribution >= 4 is 23.4 Å². The largest absolute Gasteiger partial charge is 0.494 e. The number of hydrogen-bond acceptors (Lipinski definition) is 4. The molecule has 0 atom stereocenters. The molecule has 0 heterocycles. The van der Waals surface area contributed by atoms with Gasteiger partial charge in [-0.3, -0.25) is 9.59 Å². The van der Waals surface area contributed by atoms with E-state index in [4.69, 9.17) is 26.8 Å². The molecule has 3 N–H and O–H groups in total. The van der Waals surface area contributed by atoms with Crippen LogP contribution in [0, 0.1) is 0 Å². The number of primary amides is 1. The number of rotatable bonds is 10. The predicted molar refractivity (Wildman–Crippen MR) is 99.6 cm³/mol. The Hall–Kier alpha value is -2.73. The molecule has 2 aromatic rings. The average Bonchev–Trinajstić information content (AvgIpc) is 2.64. The van der Waals surface area contributed by atoms with E-state index in [9.17, 15) is 9.59 Å². The molecule has 0 aromatic heterocycles. The Labute approximate surface area is 157 Å². The smallest absolute Gasteiger partial charge is 0.255 e. The summed E-state index contributed by atoms with van der Waals surface area (Å²) in [7, 11) is 0. The number of halogens is 1. The zero-order valence-electron chi connectivity index (χ0n) is 14.2. The fraction of sp³-hybridized carbons (Fsp3) is 0.263. The molecular weight excluding hydrogens is 356 g/mol. The number of benzene rings is 2. The molecule has 6 nitrogen and oxygen atoms in total. The number of nitrogens with one attached hydrogen (secondary N) is 1. The molecule has 0 unspecified atom stereocenters. The van der Waals surface area contributed by atoms with Crippen LogP contribution in [0.4, 0.5) is 0 Å². The Morgan fingerprint density at radius 1 is 0.923 bits per heavy atom. The topological polar surface area (TPSA) is 90.7 Å². The maximum atomic E-state index is 12.0. The first-order valence-electron chi connectivity index (χ1n) is 8.22. The minimum absolute atomic E-state index is 0.162. The fourth-order valence-corrected chi connectivity index (χ4v) is 2.23. The van der Waals surface area contributed by atoms with Gasteiger partial charge in [-0.05, 0) is 61.4 Å². The summed E-state index contributed by atoms with van der Waals surface area (Å²) in [4.78, 5) is 22.7. The lowest BCUT2D eigenvalue weighted by Gasteiger charge is -2.08. The summed E-state index contributed by atoms with van der Waals surface area (Å²) in [6.45, 7) is 0.940. The Morgan fingerprint density at radius 2 is 1.54 bits per heavy atom. The van der Waals surface area contributed by atoms with Gasteiger partial charge in [0.25, 0.3) is 11.8 Å². The highest BCUT2D eigenvalue weighted by Crippen LogP contribution is 2.15. The summed E-state index contributed by atoms with van der Waals surface area (Å²) < 4.78 is 10.7. The van der Waals surface area contributed by atoms with E-state index in [2.05, 4.69) is 5.32 Å². The Bertz CT molecular complexity index is 717. The molecule has 0 fully saturated rings. The Morgan fingerprint density at radius 3 is 2.19 bits per heavy atom. The van der Waals surface area contributed by atoms with Gasteiger partial charge in [-0.25, -0.2) is 0 Å². The van der Waals surface area contributed by atoms with Gasteiger partial charge in [0.1, 0.15) is 11.5 Å². The average molecular weight is 377 g/mol. The molecule has 138 valence electrons. The van der Waals surface area contributed by atoms with Crippen LogP contribution >= 0.6 is 11.6 Å². The number of carbonyl (C=O) groups excluding carboxylic acids is 2. The van der Waals surface area contributed by atoms with Crippen molar-refractivity contribution in [3.63, 3.8) is 0 Å². The molecule has 0 saturated carbocycles. The number of unbranched alkanes of at least 4 members (excludes halogenated alkanes) is 1. The summed E-state index contributed by atoms with van der Waals surface area (Å²) in [6, 6.07) is 13.7. The lowest BCUT2D eigenvalue weighted by Crippen LogP contribution is -2.24. The molecule has 0 aliphatic rings. The second-order valence-electron chi connectivity index (χ2n) is 5.54. The number of carbonyl (C=O) groups is 2. The van der Waals surface area contributed by atoms with Gasteiger partial charge in [0, 0.05) is 17.1 Å². The summed E-state index contributed by atoms with van der Waals surface area (Å²) in [6.07, 6.45) is 1.63. The molecule has 0 spiro atoms. The summed E-state index contributed by atoms with van der Waals surface area (Å²) in [5, 5.41) is 3.52. The van der Waals surface area contributed by atoms with Gasteiger partial charge in [-0.2, -0.15) is 0 Å². The third kappa shape index (κ3) is 7.03. The Kier molecular flexibility index (Phi) is 7.76. The van der Waals surface area contributed by atoms with Gasteiger partial charge in [0.15, 0.2) is 6.61 Å². The van der Waals surface area contributed by atoms with Crippen molar-refractivity contribution in [3.8, 4) is 11.5 Å². The lowest BCUT2D eigenvalue weighted by molar-refractivity contribution is -0.119. The van der Waals surface area contributed by atoms with Gasteiger partial charge in [0.2, 0.25) is 0 Å². The number of hydrogen-bond donors (Lipinski definition) is 2. The Balaban J connectivity index is 1.62. The maximum Gasteiger partial charge on any atom is 0.255 e. The molecule has 0 saturated heterocycles. The highest BCUT2D eigenvalue weighted by molar-refractivity contribution is 6.30. The van der Waals surface area contributed by atoms with E-state index in [0.717, 1.165) is 18.6 Å². The minimum Gasteiger partial charge on any atom is -0.494 e. The van der Waals surface area contributed by atoms with Crippen molar-refractivity contribution in [1.82, 2.24) is 5.32 Å². The molecule has 0 radical (unpaired) electrons. The van der Waals surface area contributed by atoms with Crippen molar-refractivity contribution in [2.45, 2.75) is 12.8 Å². The first kappa shape index (κ1) is 19.6.